The van der Waals surface area contributed by atoms with Crippen molar-refractivity contribution >= 4 is 46.9 Å². The number of hydrogen-bond acceptors (Lipinski definition) is 6. The summed E-state index contributed by atoms with van der Waals surface area (Å²) in [5.41, 5.74) is 1.19. The lowest BCUT2D eigenvalue weighted by Gasteiger charge is -2.35. The van der Waals surface area contributed by atoms with Gasteiger partial charge in [-0.1, -0.05) is 23.2 Å². The van der Waals surface area contributed by atoms with Crippen LogP contribution in [-0.2, 0) is 6.67 Å². The van der Waals surface area contributed by atoms with Crippen molar-refractivity contribution in [2.45, 2.75) is 6.67 Å². The first-order valence-electron chi connectivity index (χ1n) is 8.33. The van der Waals surface area contributed by atoms with Crippen molar-refractivity contribution in [2.24, 2.45) is 0 Å². The van der Waals surface area contributed by atoms with E-state index in [9.17, 15) is 5.26 Å². The molecule has 0 aromatic carbocycles. The molecule has 4 heterocycles. The Morgan fingerprint density at radius 1 is 1.22 bits per heavy atom. The molecule has 3 aromatic rings. The Morgan fingerprint density at radius 3 is 2.74 bits per heavy atom. The van der Waals surface area contributed by atoms with E-state index in [2.05, 4.69) is 26.0 Å². The van der Waals surface area contributed by atoms with Crippen molar-refractivity contribution in [1.82, 2.24) is 24.1 Å². The summed E-state index contributed by atoms with van der Waals surface area (Å²) in [6.07, 6.45) is 3.43. The van der Waals surface area contributed by atoms with E-state index in [-0.39, 0.29) is 0 Å². The highest BCUT2D eigenvalue weighted by Crippen LogP contribution is 2.22. The van der Waals surface area contributed by atoms with Gasteiger partial charge in [0.25, 0.3) is 0 Å². The van der Waals surface area contributed by atoms with E-state index in [0.29, 0.717) is 32.7 Å². The van der Waals surface area contributed by atoms with Crippen LogP contribution in [0.15, 0.2) is 30.6 Å². The molecule has 1 aliphatic heterocycles. The van der Waals surface area contributed by atoms with Gasteiger partial charge in [-0.2, -0.15) is 5.26 Å². The number of aromatic nitrogens is 4. The van der Waals surface area contributed by atoms with Gasteiger partial charge in [0.2, 0.25) is 4.77 Å². The average Bonchev–Trinajstić information content (AvgIpc) is 2.99. The minimum absolute atomic E-state index is 0.469. The average molecular weight is 420 g/mol. The SMILES string of the molecule is N#Cc1cccnc1N1CCN(Cn2nc3c(Cl)cc(Cl)cn3c2=S)CC1. The number of fused-ring (bicyclic) bond motifs is 1. The second kappa shape index (κ2) is 7.44. The molecule has 0 atom stereocenters. The van der Waals surface area contributed by atoms with Crippen molar-refractivity contribution in [1.29, 1.82) is 5.26 Å². The molecular formula is C17H15Cl2N7S. The van der Waals surface area contributed by atoms with Gasteiger partial charge in [-0.15, -0.1) is 5.10 Å². The van der Waals surface area contributed by atoms with E-state index >= 15 is 0 Å². The zero-order chi connectivity index (χ0) is 19.0. The smallest absolute Gasteiger partial charge is 0.203 e. The Labute approximate surface area is 171 Å². The molecule has 1 aliphatic rings. The van der Waals surface area contributed by atoms with Crippen LogP contribution in [0.25, 0.3) is 5.65 Å². The Bertz CT molecular complexity index is 1090. The largest absolute Gasteiger partial charge is 0.353 e. The normalized spacial score (nSPS) is 15.2. The molecule has 7 nitrogen and oxygen atoms in total. The van der Waals surface area contributed by atoms with Crippen LogP contribution in [0, 0.1) is 16.1 Å². The lowest BCUT2D eigenvalue weighted by molar-refractivity contribution is 0.194. The number of halogens is 2. The molecule has 0 aliphatic carbocycles. The zero-order valence-corrected chi connectivity index (χ0v) is 16.5. The van der Waals surface area contributed by atoms with Gasteiger partial charge in [0.1, 0.15) is 11.9 Å². The summed E-state index contributed by atoms with van der Waals surface area (Å²) in [5.74, 6) is 0.741. The molecule has 0 N–H and O–H groups in total. The molecule has 0 amide bonds. The summed E-state index contributed by atoms with van der Waals surface area (Å²) in [7, 11) is 0. The fourth-order valence-electron chi connectivity index (χ4n) is 3.16. The van der Waals surface area contributed by atoms with Crippen LogP contribution in [0.3, 0.4) is 0 Å². The second-order valence-electron chi connectivity index (χ2n) is 6.21. The number of pyridine rings is 2. The topological polar surface area (TPSA) is 65.4 Å². The standard InChI is InChI=1S/C17H15Cl2N7S/c18-13-8-14(19)16-22-26(17(27)25(16)10-13)11-23-4-6-24(7-5-23)15-12(9-20)2-1-3-21-15/h1-3,8,10H,4-7,11H2. The molecule has 27 heavy (non-hydrogen) atoms. The first-order chi connectivity index (χ1) is 13.1. The summed E-state index contributed by atoms with van der Waals surface area (Å²) in [4.78, 5) is 8.75. The number of anilines is 1. The lowest BCUT2D eigenvalue weighted by atomic mass is 10.2. The predicted molar refractivity (Wildman–Crippen MR) is 107 cm³/mol. The maximum Gasteiger partial charge on any atom is 0.203 e. The van der Waals surface area contributed by atoms with Gasteiger partial charge in [-0.3, -0.25) is 9.30 Å². The van der Waals surface area contributed by atoms with E-state index in [0.717, 1.165) is 32.0 Å². The number of piperazine rings is 1. The minimum Gasteiger partial charge on any atom is -0.353 e. The highest BCUT2D eigenvalue weighted by molar-refractivity contribution is 7.71. The number of hydrogen-bond donors (Lipinski definition) is 0. The van der Waals surface area contributed by atoms with Crippen LogP contribution in [0.4, 0.5) is 5.82 Å². The van der Waals surface area contributed by atoms with Crippen LogP contribution in [0.5, 0.6) is 0 Å². The quantitative estimate of drug-likeness (QED) is 0.607. The molecule has 0 bridgehead atoms. The molecule has 1 saturated heterocycles. The van der Waals surface area contributed by atoms with Crippen molar-refractivity contribution < 1.29 is 0 Å². The molecular weight excluding hydrogens is 405 g/mol. The van der Waals surface area contributed by atoms with Gasteiger partial charge in [0, 0.05) is 38.6 Å². The first-order valence-corrected chi connectivity index (χ1v) is 9.50. The van der Waals surface area contributed by atoms with Crippen LogP contribution >= 0.6 is 35.4 Å². The molecule has 4 rings (SSSR count). The van der Waals surface area contributed by atoms with Crippen LogP contribution in [-0.4, -0.2) is 50.2 Å². The predicted octanol–water partition coefficient (Wildman–Crippen LogP) is 3.22. The maximum atomic E-state index is 9.26. The second-order valence-corrected chi connectivity index (χ2v) is 7.42. The molecule has 10 heteroatoms. The Morgan fingerprint density at radius 2 is 2.00 bits per heavy atom. The lowest BCUT2D eigenvalue weighted by Crippen LogP contribution is -2.47. The number of nitriles is 1. The zero-order valence-electron chi connectivity index (χ0n) is 14.2. The molecule has 1 fully saturated rings. The fourth-order valence-corrected chi connectivity index (χ4v) is 3.91. The minimum atomic E-state index is 0.469. The number of rotatable bonds is 3. The van der Waals surface area contributed by atoms with E-state index in [4.69, 9.17) is 35.4 Å². The van der Waals surface area contributed by atoms with Gasteiger partial charge >= 0.3 is 0 Å². The molecule has 0 spiro atoms. The van der Waals surface area contributed by atoms with Gasteiger partial charge in [-0.25, -0.2) is 9.67 Å². The van der Waals surface area contributed by atoms with E-state index < -0.39 is 0 Å². The van der Waals surface area contributed by atoms with Gasteiger partial charge < -0.3 is 4.90 Å². The van der Waals surface area contributed by atoms with Crippen molar-refractivity contribution in [3.05, 3.63) is 51.0 Å². The highest BCUT2D eigenvalue weighted by atomic mass is 35.5. The Balaban J connectivity index is 1.49. The van der Waals surface area contributed by atoms with Crippen molar-refractivity contribution in [3.63, 3.8) is 0 Å². The third-order valence-electron chi connectivity index (χ3n) is 4.51. The van der Waals surface area contributed by atoms with Crippen LogP contribution < -0.4 is 4.90 Å². The van der Waals surface area contributed by atoms with Gasteiger partial charge in [0.15, 0.2) is 5.65 Å². The van der Waals surface area contributed by atoms with Gasteiger partial charge in [0.05, 0.1) is 22.3 Å². The van der Waals surface area contributed by atoms with Crippen LogP contribution in [0.1, 0.15) is 5.56 Å². The summed E-state index contributed by atoms with van der Waals surface area (Å²) < 4.78 is 4.03. The van der Waals surface area contributed by atoms with Crippen LogP contribution in [0.2, 0.25) is 10.0 Å². The summed E-state index contributed by atoms with van der Waals surface area (Å²) in [6.45, 7) is 3.74. The molecule has 0 radical (unpaired) electrons. The van der Waals surface area contributed by atoms with Crippen molar-refractivity contribution in [2.75, 3.05) is 31.1 Å². The van der Waals surface area contributed by atoms with E-state index in [1.807, 2.05) is 0 Å². The highest BCUT2D eigenvalue weighted by Gasteiger charge is 2.21. The fraction of sp³-hybridized carbons (Fsp3) is 0.294. The summed E-state index contributed by atoms with van der Waals surface area (Å²) in [5, 5.41) is 14.8. The Hall–Kier alpha value is -2.18. The Kier molecular flexibility index (Phi) is 5.02. The molecule has 0 saturated carbocycles. The monoisotopic (exact) mass is 419 g/mol. The first kappa shape index (κ1) is 18.2. The maximum absolute atomic E-state index is 9.26. The summed E-state index contributed by atoms with van der Waals surface area (Å²) in [6, 6.07) is 7.43. The van der Waals surface area contributed by atoms with Gasteiger partial charge in [-0.05, 0) is 30.4 Å². The van der Waals surface area contributed by atoms with E-state index in [1.54, 1.807) is 39.7 Å². The molecule has 3 aromatic heterocycles. The van der Waals surface area contributed by atoms with E-state index in [1.165, 1.54) is 0 Å². The van der Waals surface area contributed by atoms with Crippen molar-refractivity contribution in [3.8, 4) is 6.07 Å². The molecule has 138 valence electrons. The number of nitrogens with zero attached hydrogens (tertiary/aromatic N) is 7. The third kappa shape index (κ3) is 3.51. The summed E-state index contributed by atoms with van der Waals surface area (Å²) >= 11 is 17.8. The molecule has 0 unspecified atom stereocenters. The third-order valence-corrected chi connectivity index (χ3v) is 5.41.